The zero-order valence-corrected chi connectivity index (χ0v) is 11.1. The molecule has 1 amide bonds. The van der Waals surface area contributed by atoms with Gasteiger partial charge in [-0.3, -0.25) is 4.79 Å². The normalized spacial score (nSPS) is 12.3. The summed E-state index contributed by atoms with van der Waals surface area (Å²) < 4.78 is 43.3. The highest BCUT2D eigenvalue weighted by Gasteiger charge is 2.15. The first kappa shape index (κ1) is 15.0. The first-order valence-corrected chi connectivity index (χ1v) is 5.93. The third-order valence-electron chi connectivity index (χ3n) is 2.08. The molecule has 0 saturated heterocycles. The van der Waals surface area contributed by atoms with Crippen LogP contribution in [0.15, 0.2) is 12.1 Å². The predicted molar refractivity (Wildman–Crippen MR) is 63.2 cm³/mol. The lowest BCUT2D eigenvalue weighted by molar-refractivity contribution is 0.0949. The summed E-state index contributed by atoms with van der Waals surface area (Å²) in [6.45, 7) is 0.583. The monoisotopic (exact) mass is 325 g/mol. The molecule has 0 fully saturated rings. The minimum absolute atomic E-state index is 0.124. The molecule has 0 saturated carbocycles. The van der Waals surface area contributed by atoms with E-state index in [0.29, 0.717) is 18.7 Å². The van der Waals surface area contributed by atoms with E-state index in [0.717, 1.165) is 0 Å². The van der Waals surface area contributed by atoms with Crippen molar-refractivity contribution >= 4 is 21.8 Å². The van der Waals surface area contributed by atoms with Crippen LogP contribution in [-0.2, 0) is 4.74 Å². The molecular formula is C11H11BrF3NO2. The highest BCUT2D eigenvalue weighted by Crippen LogP contribution is 2.13. The van der Waals surface area contributed by atoms with E-state index in [4.69, 9.17) is 4.74 Å². The van der Waals surface area contributed by atoms with Gasteiger partial charge in [-0.15, -0.1) is 0 Å². The molecule has 7 heteroatoms. The van der Waals surface area contributed by atoms with E-state index in [9.17, 15) is 18.0 Å². The fraction of sp³-hybridized carbons (Fsp3) is 0.364. The molecule has 0 spiro atoms. The van der Waals surface area contributed by atoms with E-state index < -0.39 is 23.4 Å². The topological polar surface area (TPSA) is 38.3 Å². The standard InChI is InChI=1S/C11H11BrF3NO2/c1-18-5-7(12)4-16-11(17)6-2-8(13)10(15)9(14)3-6/h2-3,7H,4-5H2,1H3,(H,16,17). The summed E-state index contributed by atoms with van der Waals surface area (Å²) in [6.07, 6.45) is 0. The van der Waals surface area contributed by atoms with Crippen LogP contribution in [0.2, 0.25) is 0 Å². The van der Waals surface area contributed by atoms with Gasteiger partial charge in [0, 0.05) is 19.2 Å². The Balaban J connectivity index is 2.67. The molecule has 18 heavy (non-hydrogen) atoms. The summed E-state index contributed by atoms with van der Waals surface area (Å²) >= 11 is 3.23. The molecule has 1 aromatic carbocycles. The Morgan fingerprint density at radius 2 is 1.94 bits per heavy atom. The van der Waals surface area contributed by atoms with Crippen LogP contribution in [0.5, 0.6) is 0 Å². The van der Waals surface area contributed by atoms with Gasteiger partial charge in [0.1, 0.15) is 0 Å². The van der Waals surface area contributed by atoms with Crippen molar-refractivity contribution < 1.29 is 22.7 Å². The molecule has 1 unspecified atom stereocenters. The molecule has 3 nitrogen and oxygen atoms in total. The van der Waals surface area contributed by atoms with Crippen molar-refractivity contribution in [2.45, 2.75) is 4.83 Å². The average Bonchev–Trinajstić information content (AvgIpc) is 2.32. The Morgan fingerprint density at radius 3 is 2.44 bits per heavy atom. The van der Waals surface area contributed by atoms with Crippen molar-refractivity contribution in [1.82, 2.24) is 5.32 Å². The van der Waals surface area contributed by atoms with E-state index in [1.807, 2.05) is 0 Å². The average molecular weight is 326 g/mol. The van der Waals surface area contributed by atoms with Crippen molar-refractivity contribution in [3.63, 3.8) is 0 Å². The molecule has 0 aliphatic rings. The van der Waals surface area contributed by atoms with Gasteiger partial charge in [0.05, 0.1) is 11.4 Å². The SMILES string of the molecule is COCC(Br)CNC(=O)c1cc(F)c(F)c(F)c1. The predicted octanol–water partition coefficient (Wildman–Crippen LogP) is 2.24. The zero-order chi connectivity index (χ0) is 13.7. The number of hydrogen-bond donors (Lipinski definition) is 1. The van der Waals surface area contributed by atoms with Gasteiger partial charge in [-0.1, -0.05) is 15.9 Å². The van der Waals surface area contributed by atoms with Gasteiger partial charge < -0.3 is 10.1 Å². The third-order valence-corrected chi connectivity index (χ3v) is 2.67. The fourth-order valence-corrected chi connectivity index (χ4v) is 1.66. The van der Waals surface area contributed by atoms with Crippen molar-refractivity contribution in [2.24, 2.45) is 0 Å². The fourth-order valence-electron chi connectivity index (χ4n) is 1.23. The molecule has 0 heterocycles. The number of methoxy groups -OCH3 is 1. The maximum Gasteiger partial charge on any atom is 0.251 e. The number of amides is 1. The Labute approximate surface area is 110 Å². The molecular weight excluding hydrogens is 315 g/mol. The maximum absolute atomic E-state index is 12.9. The molecule has 100 valence electrons. The number of rotatable bonds is 5. The second-order valence-electron chi connectivity index (χ2n) is 3.52. The first-order valence-electron chi connectivity index (χ1n) is 5.01. The summed E-state index contributed by atoms with van der Waals surface area (Å²) in [6, 6.07) is 1.29. The number of ether oxygens (including phenoxy) is 1. The summed E-state index contributed by atoms with van der Waals surface area (Å²) in [4.78, 5) is 11.4. The molecule has 0 aromatic heterocycles. The van der Waals surface area contributed by atoms with E-state index in [1.54, 1.807) is 0 Å². The van der Waals surface area contributed by atoms with Crippen LogP contribution in [0, 0.1) is 17.5 Å². The summed E-state index contributed by atoms with van der Waals surface area (Å²) in [5.74, 6) is -5.07. The minimum atomic E-state index is -1.59. The van der Waals surface area contributed by atoms with E-state index in [1.165, 1.54) is 7.11 Å². The Morgan fingerprint density at radius 1 is 1.39 bits per heavy atom. The molecule has 0 bridgehead atoms. The van der Waals surface area contributed by atoms with E-state index in [-0.39, 0.29) is 16.9 Å². The van der Waals surface area contributed by atoms with Crippen molar-refractivity contribution in [2.75, 3.05) is 20.3 Å². The summed E-state index contributed by atoms with van der Waals surface area (Å²) in [5.41, 5.74) is -0.275. The van der Waals surface area contributed by atoms with Gasteiger partial charge in [0.15, 0.2) is 17.5 Å². The van der Waals surface area contributed by atoms with Crippen LogP contribution in [-0.4, -0.2) is 31.0 Å². The zero-order valence-electron chi connectivity index (χ0n) is 9.47. The third kappa shape index (κ3) is 3.99. The van der Waals surface area contributed by atoms with Crippen LogP contribution in [0.1, 0.15) is 10.4 Å². The number of carbonyl (C=O) groups is 1. The van der Waals surface area contributed by atoms with Gasteiger partial charge >= 0.3 is 0 Å². The van der Waals surface area contributed by atoms with Crippen molar-refractivity contribution in [1.29, 1.82) is 0 Å². The van der Waals surface area contributed by atoms with Gasteiger partial charge in [-0.05, 0) is 12.1 Å². The maximum atomic E-state index is 12.9. The Hall–Kier alpha value is -1.08. The highest BCUT2D eigenvalue weighted by molar-refractivity contribution is 9.09. The van der Waals surface area contributed by atoms with Gasteiger partial charge in [-0.2, -0.15) is 0 Å². The molecule has 1 rings (SSSR count). The van der Waals surface area contributed by atoms with Crippen LogP contribution in [0.3, 0.4) is 0 Å². The second kappa shape index (κ2) is 6.75. The first-order chi connectivity index (χ1) is 8.45. The van der Waals surface area contributed by atoms with Crippen LogP contribution >= 0.6 is 15.9 Å². The molecule has 1 aromatic rings. The lowest BCUT2D eigenvalue weighted by Crippen LogP contribution is -2.31. The molecule has 1 N–H and O–H groups in total. The van der Waals surface area contributed by atoms with Gasteiger partial charge in [0.2, 0.25) is 0 Å². The van der Waals surface area contributed by atoms with Crippen molar-refractivity contribution in [3.8, 4) is 0 Å². The molecule has 0 aliphatic carbocycles. The largest absolute Gasteiger partial charge is 0.383 e. The number of benzene rings is 1. The van der Waals surface area contributed by atoms with E-state index >= 15 is 0 Å². The minimum Gasteiger partial charge on any atom is -0.383 e. The number of nitrogens with one attached hydrogen (secondary N) is 1. The molecule has 0 radical (unpaired) electrons. The molecule has 1 atom stereocenters. The Kier molecular flexibility index (Phi) is 5.61. The summed E-state index contributed by atoms with van der Waals surface area (Å²) in [5, 5.41) is 2.44. The number of alkyl halides is 1. The quantitative estimate of drug-likeness (QED) is 0.666. The molecule has 0 aliphatic heterocycles. The second-order valence-corrected chi connectivity index (χ2v) is 4.81. The van der Waals surface area contributed by atoms with Crippen LogP contribution in [0.4, 0.5) is 13.2 Å². The van der Waals surface area contributed by atoms with Gasteiger partial charge in [-0.25, -0.2) is 13.2 Å². The van der Waals surface area contributed by atoms with E-state index in [2.05, 4.69) is 21.2 Å². The Bertz CT molecular complexity index is 419. The smallest absolute Gasteiger partial charge is 0.251 e. The van der Waals surface area contributed by atoms with Crippen LogP contribution < -0.4 is 5.32 Å². The summed E-state index contributed by atoms with van der Waals surface area (Å²) in [7, 11) is 1.50. The van der Waals surface area contributed by atoms with Crippen molar-refractivity contribution in [3.05, 3.63) is 35.1 Å². The lowest BCUT2D eigenvalue weighted by Gasteiger charge is -2.10. The number of hydrogen-bond acceptors (Lipinski definition) is 2. The number of halogens is 4. The van der Waals surface area contributed by atoms with Gasteiger partial charge in [0.25, 0.3) is 5.91 Å². The van der Waals surface area contributed by atoms with Crippen LogP contribution in [0.25, 0.3) is 0 Å². The highest BCUT2D eigenvalue weighted by atomic mass is 79.9. The number of carbonyl (C=O) groups excluding carboxylic acids is 1. The lowest BCUT2D eigenvalue weighted by atomic mass is 10.2.